The summed E-state index contributed by atoms with van der Waals surface area (Å²) in [5.74, 6) is 5.07. The molecule has 0 atom stereocenters. The van der Waals surface area contributed by atoms with E-state index in [1.54, 1.807) is 12.1 Å². The van der Waals surface area contributed by atoms with Crippen LogP contribution < -0.4 is 10.5 Å². The highest BCUT2D eigenvalue weighted by Crippen LogP contribution is 2.17. The van der Waals surface area contributed by atoms with Crippen molar-refractivity contribution >= 4 is 5.97 Å². The maximum atomic E-state index is 11.0. The van der Waals surface area contributed by atoms with Crippen molar-refractivity contribution in [3.8, 4) is 17.6 Å². The summed E-state index contributed by atoms with van der Waals surface area (Å²) in [6, 6.07) is 4.76. The minimum Gasteiger partial charge on any atom is -0.497 e. The van der Waals surface area contributed by atoms with Crippen LogP contribution in [0.5, 0.6) is 5.75 Å². The predicted molar refractivity (Wildman–Crippen MR) is 60.5 cm³/mol. The van der Waals surface area contributed by atoms with E-state index in [2.05, 4.69) is 11.8 Å². The van der Waals surface area contributed by atoms with Gasteiger partial charge in [-0.05, 0) is 18.2 Å². The Morgan fingerprint density at radius 2 is 2.31 bits per heavy atom. The van der Waals surface area contributed by atoms with Gasteiger partial charge in [-0.1, -0.05) is 11.8 Å². The Morgan fingerprint density at radius 3 is 2.88 bits per heavy atom. The normalized spacial score (nSPS) is 9.12. The number of hydrogen-bond acceptors (Lipinski definition) is 3. The zero-order valence-corrected chi connectivity index (χ0v) is 8.99. The third kappa shape index (κ3) is 3.01. The van der Waals surface area contributed by atoms with Crippen LogP contribution in [-0.4, -0.2) is 24.7 Å². The van der Waals surface area contributed by atoms with Crippen LogP contribution in [-0.2, 0) is 0 Å². The first-order valence-corrected chi connectivity index (χ1v) is 4.79. The number of methoxy groups -OCH3 is 1. The van der Waals surface area contributed by atoms with Crippen molar-refractivity contribution in [2.75, 3.05) is 13.7 Å². The highest BCUT2D eigenvalue weighted by molar-refractivity contribution is 5.91. The maximum Gasteiger partial charge on any atom is 0.337 e. The highest BCUT2D eigenvalue weighted by Gasteiger charge is 2.09. The quantitative estimate of drug-likeness (QED) is 0.746. The summed E-state index contributed by atoms with van der Waals surface area (Å²) in [6.45, 7) is 0.464. The van der Waals surface area contributed by atoms with Gasteiger partial charge in [0.05, 0.1) is 12.7 Å². The van der Waals surface area contributed by atoms with Crippen LogP contribution in [0, 0.1) is 11.8 Å². The molecule has 1 aromatic carbocycles. The summed E-state index contributed by atoms with van der Waals surface area (Å²) in [5.41, 5.74) is 5.91. The fourth-order valence-corrected chi connectivity index (χ4v) is 1.17. The third-order valence-corrected chi connectivity index (χ3v) is 1.95. The first-order chi connectivity index (χ1) is 7.69. The van der Waals surface area contributed by atoms with Gasteiger partial charge in [-0.2, -0.15) is 0 Å². The van der Waals surface area contributed by atoms with E-state index in [1.165, 1.54) is 13.2 Å². The number of aromatic carboxylic acids is 1. The summed E-state index contributed by atoms with van der Waals surface area (Å²) in [4.78, 5) is 11.0. The summed E-state index contributed by atoms with van der Waals surface area (Å²) < 4.78 is 4.95. The number of nitrogens with two attached hydrogens (primary N) is 1. The number of ether oxygens (including phenoxy) is 1. The van der Waals surface area contributed by atoms with Gasteiger partial charge in [0.1, 0.15) is 5.75 Å². The number of rotatable bonds is 3. The minimum atomic E-state index is -1.02. The molecule has 0 spiro atoms. The van der Waals surface area contributed by atoms with Gasteiger partial charge in [0.2, 0.25) is 0 Å². The van der Waals surface area contributed by atoms with Crippen molar-refractivity contribution in [3.63, 3.8) is 0 Å². The van der Waals surface area contributed by atoms with Gasteiger partial charge in [0.25, 0.3) is 0 Å². The molecule has 1 aromatic rings. The van der Waals surface area contributed by atoms with Gasteiger partial charge in [-0.15, -0.1) is 0 Å². The standard InChI is InChI=1S/C12H13NO3/c1-16-10-6-5-9(4-2-3-7-13)11(8-10)12(14)15/h5-6,8H,3,7,13H2,1H3,(H,14,15). The molecule has 0 bridgehead atoms. The van der Waals surface area contributed by atoms with Crippen molar-refractivity contribution in [1.82, 2.24) is 0 Å². The van der Waals surface area contributed by atoms with E-state index in [9.17, 15) is 4.79 Å². The molecular weight excluding hydrogens is 206 g/mol. The fraction of sp³-hybridized carbons (Fsp3) is 0.250. The first-order valence-electron chi connectivity index (χ1n) is 4.79. The van der Waals surface area contributed by atoms with Crippen molar-refractivity contribution in [2.24, 2.45) is 5.73 Å². The number of hydrogen-bond donors (Lipinski definition) is 2. The van der Waals surface area contributed by atoms with Gasteiger partial charge in [0, 0.05) is 18.5 Å². The summed E-state index contributed by atoms with van der Waals surface area (Å²) in [5, 5.41) is 8.99. The van der Waals surface area contributed by atoms with Gasteiger partial charge < -0.3 is 15.6 Å². The molecule has 16 heavy (non-hydrogen) atoms. The largest absolute Gasteiger partial charge is 0.497 e. The van der Waals surface area contributed by atoms with E-state index in [0.29, 0.717) is 24.3 Å². The van der Waals surface area contributed by atoms with Crippen LogP contribution >= 0.6 is 0 Å². The molecule has 0 aliphatic rings. The lowest BCUT2D eigenvalue weighted by molar-refractivity contribution is 0.0696. The summed E-state index contributed by atoms with van der Waals surface area (Å²) in [7, 11) is 1.49. The molecule has 4 heteroatoms. The molecule has 0 radical (unpaired) electrons. The molecule has 0 aromatic heterocycles. The van der Waals surface area contributed by atoms with Crippen LogP contribution in [0.3, 0.4) is 0 Å². The molecule has 0 saturated heterocycles. The molecule has 0 unspecified atom stereocenters. The number of carboxylic acid groups (broad SMARTS) is 1. The molecule has 84 valence electrons. The van der Waals surface area contributed by atoms with E-state index < -0.39 is 5.97 Å². The van der Waals surface area contributed by atoms with E-state index in [4.69, 9.17) is 15.6 Å². The summed E-state index contributed by atoms with van der Waals surface area (Å²) >= 11 is 0. The zero-order valence-electron chi connectivity index (χ0n) is 8.99. The smallest absolute Gasteiger partial charge is 0.337 e. The second-order valence-corrected chi connectivity index (χ2v) is 3.06. The minimum absolute atomic E-state index is 0.142. The van der Waals surface area contributed by atoms with Gasteiger partial charge in [0.15, 0.2) is 0 Å². The molecule has 0 saturated carbocycles. The summed E-state index contributed by atoms with van der Waals surface area (Å²) in [6.07, 6.45) is 0.547. The van der Waals surface area contributed by atoms with Crippen LogP contribution in [0.4, 0.5) is 0 Å². The number of carboxylic acids is 1. The van der Waals surface area contributed by atoms with Crippen molar-refractivity contribution in [3.05, 3.63) is 29.3 Å². The average molecular weight is 219 g/mol. The predicted octanol–water partition coefficient (Wildman–Crippen LogP) is 1.09. The Bertz CT molecular complexity index is 443. The molecule has 4 nitrogen and oxygen atoms in total. The molecule has 0 fully saturated rings. The second-order valence-electron chi connectivity index (χ2n) is 3.06. The van der Waals surface area contributed by atoms with Crippen molar-refractivity contribution < 1.29 is 14.6 Å². The zero-order chi connectivity index (χ0) is 12.0. The maximum absolute atomic E-state index is 11.0. The topological polar surface area (TPSA) is 72.5 Å². The van der Waals surface area contributed by atoms with Crippen molar-refractivity contribution in [1.29, 1.82) is 0 Å². The first kappa shape index (κ1) is 12.1. The second kappa shape index (κ2) is 5.79. The highest BCUT2D eigenvalue weighted by atomic mass is 16.5. The van der Waals surface area contributed by atoms with Crippen molar-refractivity contribution in [2.45, 2.75) is 6.42 Å². The van der Waals surface area contributed by atoms with Crippen LogP contribution in [0.15, 0.2) is 18.2 Å². The lowest BCUT2D eigenvalue weighted by atomic mass is 10.1. The Morgan fingerprint density at radius 1 is 1.56 bits per heavy atom. The number of benzene rings is 1. The lowest BCUT2D eigenvalue weighted by Gasteiger charge is -2.03. The van der Waals surface area contributed by atoms with E-state index in [0.717, 1.165) is 0 Å². The van der Waals surface area contributed by atoms with Crippen LogP contribution in [0.1, 0.15) is 22.3 Å². The van der Waals surface area contributed by atoms with Gasteiger partial charge in [-0.25, -0.2) is 4.79 Å². The average Bonchev–Trinajstić information content (AvgIpc) is 2.29. The fourth-order valence-electron chi connectivity index (χ4n) is 1.17. The SMILES string of the molecule is COc1ccc(C#CCCN)c(C(=O)O)c1. The molecule has 1 rings (SSSR count). The van der Waals surface area contributed by atoms with E-state index >= 15 is 0 Å². The Kier molecular flexibility index (Phi) is 4.37. The third-order valence-electron chi connectivity index (χ3n) is 1.95. The molecule has 3 N–H and O–H groups in total. The molecular formula is C12H13NO3. The van der Waals surface area contributed by atoms with E-state index in [-0.39, 0.29) is 5.56 Å². The number of carbonyl (C=O) groups is 1. The molecule has 0 aliphatic carbocycles. The molecule has 0 amide bonds. The Hall–Kier alpha value is -1.99. The molecule has 0 aliphatic heterocycles. The van der Waals surface area contributed by atoms with Crippen LogP contribution in [0.2, 0.25) is 0 Å². The monoisotopic (exact) mass is 219 g/mol. The van der Waals surface area contributed by atoms with Crippen LogP contribution in [0.25, 0.3) is 0 Å². The molecule has 0 heterocycles. The lowest BCUT2D eigenvalue weighted by Crippen LogP contribution is -2.01. The van der Waals surface area contributed by atoms with Gasteiger partial charge >= 0.3 is 5.97 Å². The van der Waals surface area contributed by atoms with E-state index in [1.807, 2.05) is 0 Å². The van der Waals surface area contributed by atoms with Gasteiger partial charge in [-0.3, -0.25) is 0 Å². The Balaban J connectivity index is 3.09. The Labute approximate surface area is 94.0 Å².